The average Bonchev–Trinajstić information content (AvgIpc) is 3.54. The van der Waals surface area contributed by atoms with E-state index in [0.717, 1.165) is 45.7 Å². The summed E-state index contributed by atoms with van der Waals surface area (Å²) in [6.45, 7) is 5.23. The monoisotopic (exact) mass is 571 g/mol. The Kier molecular flexibility index (Phi) is 6.89. The molecule has 0 atom stereocenters. The minimum Gasteiger partial charge on any atom is -0.282 e. The van der Waals surface area contributed by atoms with Crippen LogP contribution in [-0.4, -0.2) is 42.2 Å². The van der Waals surface area contributed by atoms with Crippen LogP contribution in [0.15, 0.2) is 83.8 Å². The predicted octanol–water partition coefficient (Wildman–Crippen LogP) is 5.60. The summed E-state index contributed by atoms with van der Waals surface area (Å²) in [6.07, 6.45) is 1.62. The van der Waals surface area contributed by atoms with Crippen molar-refractivity contribution in [3.05, 3.63) is 101 Å². The Bertz CT molecular complexity index is 1780. The van der Waals surface area contributed by atoms with Crippen LogP contribution in [0.1, 0.15) is 33.7 Å². The Morgan fingerprint density at radius 2 is 1.75 bits per heavy atom. The van der Waals surface area contributed by atoms with E-state index in [2.05, 4.69) is 5.10 Å². The summed E-state index contributed by atoms with van der Waals surface area (Å²) in [4.78, 5) is 20.4. The number of rotatable bonds is 7. The minimum absolute atomic E-state index is 0.162. The van der Waals surface area contributed by atoms with Gasteiger partial charge in [0.05, 0.1) is 33.0 Å². The van der Waals surface area contributed by atoms with E-state index in [1.54, 1.807) is 17.0 Å². The third-order valence-corrected chi connectivity index (χ3v) is 10.0. The van der Waals surface area contributed by atoms with E-state index in [4.69, 9.17) is 4.98 Å². The number of aryl methyl sites for hydroxylation is 3. The Morgan fingerprint density at radius 1 is 1.00 bits per heavy atom. The zero-order valence-corrected chi connectivity index (χ0v) is 24.0. The number of sulfonamides is 1. The Hall–Kier alpha value is -4.02. The predicted molar refractivity (Wildman–Crippen MR) is 159 cm³/mol. The molecule has 0 bridgehead atoms. The summed E-state index contributed by atoms with van der Waals surface area (Å²) in [6, 6.07) is 23.6. The highest BCUT2D eigenvalue weighted by Gasteiger charge is 2.29. The molecule has 0 unspecified atom stereocenters. The van der Waals surface area contributed by atoms with Crippen molar-refractivity contribution < 1.29 is 13.2 Å². The van der Waals surface area contributed by atoms with Crippen LogP contribution in [0.2, 0.25) is 0 Å². The first kappa shape index (κ1) is 26.2. The maximum atomic E-state index is 13.9. The molecule has 3 heterocycles. The fraction of sp³-hybridized carbons (Fsp3) is 0.233. The Labute approximate surface area is 237 Å². The van der Waals surface area contributed by atoms with Crippen molar-refractivity contribution in [3.63, 3.8) is 0 Å². The fourth-order valence-electron chi connectivity index (χ4n) is 5.16. The lowest BCUT2D eigenvalue weighted by atomic mass is 10.0. The number of hydrogen-bond acceptors (Lipinski definition) is 6. The summed E-state index contributed by atoms with van der Waals surface area (Å²) < 4.78 is 31.5. The quantitative estimate of drug-likeness (QED) is 0.254. The molecule has 0 radical (unpaired) electrons. The van der Waals surface area contributed by atoms with E-state index in [1.807, 2.05) is 73.1 Å². The molecule has 6 rings (SSSR count). The molecule has 10 heteroatoms. The van der Waals surface area contributed by atoms with Crippen LogP contribution in [0.3, 0.4) is 0 Å². The molecule has 0 fully saturated rings. The number of fused-ring (bicyclic) bond motifs is 2. The first-order chi connectivity index (χ1) is 19.3. The molecule has 8 nitrogen and oxygen atoms in total. The number of anilines is 2. The van der Waals surface area contributed by atoms with E-state index in [1.165, 1.54) is 27.8 Å². The summed E-state index contributed by atoms with van der Waals surface area (Å²) >= 11 is 1.45. The highest BCUT2D eigenvalue weighted by molar-refractivity contribution is 7.92. The third-order valence-electron chi connectivity index (χ3n) is 7.15. The maximum Gasteiger partial charge on any atom is 0.264 e. The molecule has 1 aliphatic rings. The van der Waals surface area contributed by atoms with Gasteiger partial charge in [0.25, 0.3) is 15.9 Å². The normalized spacial score (nSPS) is 13.4. The largest absolute Gasteiger partial charge is 0.282 e. The van der Waals surface area contributed by atoms with Crippen molar-refractivity contribution in [2.45, 2.75) is 38.1 Å². The van der Waals surface area contributed by atoms with Gasteiger partial charge < -0.3 is 0 Å². The van der Waals surface area contributed by atoms with Crippen LogP contribution in [0.5, 0.6) is 0 Å². The van der Waals surface area contributed by atoms with E-state index in [-0.39, 0.29) is 10.8 Å². The molecule has 0 N–H and O–H groups in total. The molecule has 0 aliphatic carbocycles. The van der Waals surface area contributed by atoms with Gasteiger partial charge in [0.15, 0.2) is 5.13 Å². The van der Waals surface area contributed by atoms with Gasteiger partial charge in [-0.3, -0.25) is 18.7 Å². The second-order valence-electron chi connectivity index (χ2n) is 9.91. The molecule has 0 spiro atoms. The van der Waals surface area contributed by atoms with Gasteiger partial charge in [0, 0.05) is 24.3 Å². The highest BCUT2D eigenvalue weighted by atomic mass is 32.2. The number of aromatic nitrogens is 3. The smallest absolute Gasteiger partial charge is 0.264 e. The maximum absolute atomic E-state index is 13.9. The number of hydrogen-bond donors (Lipinski definition) is 0. The first-order valence-electron chi connectivity index (χ1n) is 13.2. The third kappa shape index (κ3) is 4.89. The SMILES string of the molecule is Cc1cc(C)n(CCN(C(=O)c2ccc(S(=O)(=O)N3CCCc4ccccc43)cc2)c2nc3ccccc3s2)n1. The van der Waals surface area contributed by atoms with Gasteiger partial charge in [-0.2, -0.15) is 5.10 Å². The summed E-state index contributed by atoms with van der Waals surface area (Å²) in [5.41, 5.74) is 4.91. The Balaban J connectivity index is 1.30. The fourth-order valence-corrected chi connectivity index (χ4v) is 7.69. The van der Waals surface area contributed by atoms with Gasteiger partial charge in [-0.05, 0) is 80.8 Å². The average molecular weight is 572 g/mol. The lowest BCUT2D eigenvalue weighted by molar-refractivity contribution is 0.0985. The van der Waals surface area contributed by atoms with Crippen LogP contribution >= 0.6 is 11.3 Å². The van der Waals surface area contributed by atoms with Crippen molar-refractivity contribution in [2.24, 2.45) is 0 Å². The molecule has 2 aromatic heterocycles. The molecule has 0 saturated carbocycles. The number of nitrogens with zero attached hydrogens (tertiary/aromatic N) is 5. The lowest BCUT2D eigenvalue weighted by Gasteiger charge is -2.30. The van der Waals surface area contributed by atoms with E-state index >= 15 is 0 Å². The van der Waals surface area contributed by atoms with Gasteiger partial charge in [0.2, 0.25) is 0 Å². The zero-order valence-electron chi connectivity index (χ0n) is 22.3. The lowest BCUT2D eigenvalue weighted by Crippen LogP contribution is -2.36. The number of amides is 1. The van der Waals surface area contributed by atoms with Crippen LogP contribution < -0.4 is 9.21 Å². The number of thiazole rings is 1. The molecule has 40 heavy (non-hydrogen) atoms. The minimum atomic E-state index is -3.77. The van der Waals surface area contributed by atoms with Crippen molar-refractivity contribution in [1.82, 2.24) is 14.8 Å². The second-order valence-corrected chi connectivity index (χ2v) is 12.8. The molecular formula is C30H29N5O3S2. The van der Waals surface area contributed by atoms with Crippen LogP contribution in [-0.2, 0) is 23.0 Å². The van der Waals surface area contributed by atoms with Gasteiger partial charge in [0.1, 0.15) is 0 Å². The Morgan fingerprint density at radius 3 is 2.50 bits per heavy atom. The molecule has 1 aliphatic heterocycles. The number of carbonyl (C=O) groups is 1. The van der Waals surface area contributed by atoms with Gasteiger partial charge >= 0.3 is 0 Å². The van der Waals surface area contributed by atoms with Gasteiger partial charge in [-0.25, -0.2) is 13.4 Å². The standard InChI is InChI=1S/C30H29N5O3S2/c1-21-20-22(2)34(32-21)19-18-33(30-31-26-10-4-6-12-28(26)39-30)29(36)24-13-15-25(16-14-24)40(37,38)35-17-7-9-23-8-3-5-11-27(23)35/h3-6,8,10-16,20H,7,9,17-19H2,1-2H3. The van der Waals surface area contributed by atoms with Crippen molar-refractivity contribution in [3.8, 4) is 0 Å². The molecular weight excluding hydrogens is 542 g/mol. The number of benzene rings is 3. The summed E-state index contributed by atoms with van der Waals surface area (Å²) in [5, 5.41) is 5.13. The molecule has 0 saturated heterocycles. The topological polar surface area (TPSA) is 88.4 Å². The summed E-state index contributed by atoms with van der Waals surface area (Å²) in [7, 11) is -3.77. The van der Waals surface area contributed by atoms with Gasteiger partial charge in [-0.15, -0.1) is 0 Å². The summed E-state index contributed by atoms with van der Waals surface area (Å²) in [5.74, 6) is -0.243. The number of carbonyl (C=O) groups excluding carboxylic acids is 1. The zero-order chi connectivity index (χ0) is 27.9. The number of para-hydroxylation sites is 2. The van der Waals surface area contributed by atoms with Crippen molar-refractivity contribution >= 4 is 48.3 Å². The van der Waals surface area contributed by atoms with Crippen molar-refractivity contribution in [1.29, 1.82) is 0 Å². The van der Waals surface area contributed by atoms with Crippen molar-refractivity contribution in [2.75, 3.05) is 22.3 Å². The molecule has 3 aromatic carbocycles. The molecule has 1 amide bonds. The molecule has 5 aromatic rings. The first-order valence-corrected chi connectivity index (χ1v) is 15.5. The van der Waals surface area contributed by atoms with Crippen LogP contribution in [0.25, 0.3) is 10.2 Å². The van der Waals surface area contributed by atoms with E-state index < -0.39 is 10.0 Å². The van der Waals surface area contributed by atoms with Crippen LogP contribution in [0, 0.1) is 13.8 Å². The highest BCUT2D eigenvalue weighted by Crippen LogP contribution is 2.33. The van der Waals surface area contributed by atoms with E-state index in [0.29, 0.717) is 30.3 Å². The van der Waals surface area contributed by atoms with Crippen LogP contribution in [0.4, 0.5) is 10.8 Å². The molecule has 204 valence electrons. The van der Waals surface area contributed by atoms with E-state index in [9.17, 15) is 13.2 Å². The second kappa shape index (κ2) is 10.5. The van der Waals surface area contributed by atoms with Gasteiger partial charge in [-0.1, -0.05) is 41.7 Å².